The molecule has 8 heterocycles. The van der Waals surface area contributed by atoms with E-state index in [1.54, 1.807) is 0 Å². The molecule has 8 nitrogen and oxygen atoms in total. The number of benzene rings is 2. The van der Waals surface area contributed by atoms with Gasteiger partial charge in [0.05, 0.1) is 29.2 Å². The number of nitrogens with one attached hydrogen (secondary N) is 1. The highest BCUT2D eigenvalue weighted by Gasteiger charge is 2.79. The summed E-state index contributed by atoms with van der Waals surface area (Å²) in [5.74, 6) is 1.83. The van der Waals surface area contributed by atoms with Crippen LogP contribution in [0.5, 0.6) is 0 Å². The van der Waals surface area contributed by atoms with Crippen molar-refractivity contribution in [1.82, 2.24) is 24.3 Å². The summed E-state index contributed by atoms with van der Waals surface area (Å²) in [5, 5.41) is 5.27. The maximum Gasteiger partial charge on any atom is 0.141 e. The van der Waals surface area contributed by atoms with Crippen LogP contribution in [0, 0.1) is 6.92 Å². The summed E-state index contributed by atoms with van der Waals surface area (Å²) < 4.78 is 2.36. The summed E-state index contributed by atoms with van der Waals surface area (Å²) in [6.07, 6.45) is 3.50. The number of hydrogen-bond donors (Lipinski definition) is 1. The maximum atomic E-state index is 4.69. The molecule has 5 atom stereocenters. The number of hydrogen-bond acceptors (Lipinski definition) is 7. The van der Waals surface area contributed by atoms with Crippen LogP contribution in [0.25, 0.3) is 16.6 Å². The number of para-hydroxylation sites is 1. The van der Waals surface area contributed by atoms with Crippen LogP contribution in [0.3, 0.4) is 0 Å². The molecule has 5 unspecified atom stereocenters. The first-order valence-corrected chi connectivity index (χ1v) is 14.6. The minimum Gasteiger partial charge on any atom is -0.359 e. The van der Waals surface area contributed by atoms with Crippen molar-refractivity contribution in [1.29, 1.82) is 0 Å². The Labute approximate surface area is 234 Å². The van der Waals surface area contributed by atoms with Crippen LogP contribution < -0.4 is 15.1 Å². The van der Waals surface area contributed by atoms with E-state index in [4.69, 9.17) is 4.98 Å². The van der Waals surface area contributed by atoms with E-state index in [0.717, 1.165) is 49.8 Å². The average molecular weight is 531 g/mol. The van der Waals surface area contributed by atoms with Gasteiger partial charge in [-0.15, -0.1) is 0 Å². The van der Waals surface area contributed by atoms with E-state index >= 15 is 0 Å². The zero-order chi connectivity index (χ0) is 26.9. The van der Waals surface area contributed by atoms with Gasteiger partial charge in [-0.3, -0.25) is 4.90 Å². The van der Waals surface area contributed by atoms with Gasteiger partial charge in [0.25, 0.3) is 0 Å². The smallest absolute Gasteiger partial charge is 0.141 e. The van der Waals surface area contributed by atoms with Crippen molar-refractivity contribution >= 4 is 33.8 Å². The third-order valence-corrected chi connectivity index (χ3v) is 9.94. The van der Waals surface area contributed by atoms with E-state index in [2.05, 4.69) is 97.5 Å². The number of piperazine rings is 1. The summed E-state index contributed by atoms with van der Waals surface area (Å²) in [6.45, 7) is 11.8. The number of fused-ring (bicyclic) bond motifs is 3. The monoisotopic (exact) mass is 530 g/mol. The third kappa shape index (κ3) is 3.00. The lowest BCUT2D eigenvalue weighted by molar-refractivity contribution is 0.442. The second kappa shape index (κ2) is 7.79. The predicted octanol–water partition coefficient (Wildman–Crippen LogP) is 4.34. The van der Waals surface area contributed by atoms with E-state index in [-0.39, 0.29) is 6.17 Å². The number of aryl methyl sites for hydroxylation is 3. The molecular weight excluding hydrogens is 496 g/mol. The lowest BCUT2D eigenvalue weighted by Gasteiger charge is -2.47. The van der Waals surface area contributed by atoms with Gasteiger partial charge in [0, 0.05) is 50.1 Å². The van der Waals surface area contributed by atoms with Crippen LogP contribution in [-0.2, 0) is 13.5 Å². The second-order valence-corrected chi connectivity index (χ2v) is 12.1. The van der Waals surface area contributed by atoms with Gasteiger partial charge in [0.2, 0.25) is 0 Å². The first-order valence-electron chi connectivity index (χ1n) is 14.6. The molecular formula is C32H34N8. The molecule has 6 aliphatic heterocycles. The van der Waals surface area contributed by atoms with Crippen LogP contribution in [0.15, 0.2) is 61.3 Å². The molecule has 202 valence electrons. The molecule has 1 N–H and O–H groups in total. The zero-order valence-corrected chi connectivity index (χ0v) is 23.2. The largest absolute Gasteiger partial charge is 0.359 e. The van der Waals surface area contributed by atoms with Gasteiger partial charge in [-0.25, -0.2) is 9.97 Å². The van der Waals surface area contributed by atoms with E-state index in [9.17, 15) is 0 Å². The van der Waals surface area contributed by atoms with Gasteiger partial charge in [0.15, 0.2) is 0 Å². The topological polar surface area (TPSA) is 55.5 Å². The predicted molar refractivity (Wildman–Crippen MR) is 159 cm³/mol. The Hall–Kier alpha value is -4.04. The fraction of sp³-hybridized carbons (Fsp3) is 0.375. The van der Waals surface area contributed by atoms with Crippen molar-refractivity contribution in [3.63, 3.8) is 0 Å². The van der Waals surface area contributed by atoms with Gasteiger partial charge in [-0.2, -0.15) is 0 Å². The van der Waals surface area contributed by atoms with Crippen molar-refractivity contribution < 1.29 is 0 Å². The van der Waals surface area contributed by atoms with Crippen molar-refractivity contribution in [3.05, 3.63) is 84.0 Å². The summed E-state index contributed by atoms with van der Waals surface area (Å²) in [5.41, 5.74) is 8.92. The second-order valence-electron chi connectivity index (χ2n) is 12.1. The molecule has 10 rings (SSSR count). The van der Waals surface area contributed by atoms with Gasteiger partial charge in [-0.05, 0) is 60.2 Å². The highest BCUT2D eigenvalue weighted by Crippen LogP contribution is 2.61. The van der Waals surface area contributed by atoms with E-state index in [0.29, 0.717) is 12.2 Å². The molecule has 8 heteroatoms. The molecule has 2 aromatic heterocycles. The Morgan fingerprint density at radius 2 is 1.93 bits per heavy atom. The van der Waals surface area contributed by atoms with Crippen molar-refractivity contribution in [2.45, 2.75) is 50.7 Å². The molecule has 5 saturated heterocycles. The molecule has 5 fully saturated rings. The molecule has 2 aromatic carbocycles. The molecule has 40 heavy (non-hydrogen) atoms. The van der Waals surface area contributed by atoms with Crippen molar-refractivity contribution in [3.8, 4) is 0 Å². The molecule has 0 radical (unpaired) electrons. The standard InChI is InChI=1S/C32H34N8/c1-5-20-12-22(18(2)38-17-27-30-32(38)40(27)30)13-24-29(20)39(23-15-37(16-23)28-10-11-33-19(3)34-28)31(35-24)26-14-21-8-6-7-9-25(21)36(26)4/h6-14,23,27,30-32,35H,2,5,15-17H2,1,3-4H3. The van der Waals surface area contributed by atoms with Gasteiger partial charge < -0.3 is 24.6 Å². The molecule has 2 bridgehead atoms. The fourth-order valence-electron chi connectivity index (χ4n) is 7.67. The molecule has 0 spiro atoms. The first-order chi connectivity index (χ1) is 19.5. The first kappa shape index (κ1) is 22.7. The Kier molecular flexibility index (Phi) is 4.43. The molecule has 0 aliphatic carbocycles. The van der Waals surface area contributed by atoms with Crippen molar-refractivity contribution in [2.24, 2.45) is 7.05 Å². The third-order valence-electron chi connectivity index (χ3n) is 9.94. The Morgan fingerprint density at radius 1 is 1.10 bits per heavy atom. The minimum absolute atomic E-state index is 0.0515. The SMILES string of the molecule is C=C(c1cc(CC)c2c(c1)NC(c1cc3ccccc3n1C)N2C1CN(c2ccnc(C)n2)C1)N1CC2C3C1N23. The van der Waals surface area contributed by atoms with Crippen LogP contribution in [0.1, 0.15) is 35.7 Å². The van der Waals surface area contributed by atoms with Crippen LogP contribution in [0.2, 0.25) is 0 Å². The normalized spacial score (nSPS) is 27.5. The number of anilines is 3. The fourth-order valence-corrected chi connectivity index (χ4v) is 7.67. The lowest BCUT2D eigenvalue weighted by Crippen LogP contribution is -2.60. The van der Waals surface area contributed by atoms with Gasteiger partial charge in [0.1, 0.15) is 24.0 Å². The minimum atomic E-state index is 0.0515. The Morgan fingerprint density at radius 3 is 2.65 bits per heavy atom. The number of nitrogens with zero attached hydrogens (tertiary/aromatic N) is 7. The van der Waals surface area contributed by atoms with Crippen LogP contribution in [-0.4, -0.2) is 68.3 Å². The van der Waals surface area contributed by atoms with Gasteiger partial charge in [-0.1, -0.05) is 31.7 Å². The molecule has 0 amide bonds. The van der Waals surface area contributed by atoms with E-state index in [1.165, 1.54) is 44.8 Å². The summed E-state index contributed by atoms with van der Waals surface area (Å²) in [6, 6.07) is 19.8. The average Bonchev–Trinajstić information content (AvgIpc) is 3.55. The zero-order valence-electron chi connectivity index (χ0n) is 23.2. The van der Waals surface area contributed by atoms with Gasteiger partial charge >= 0.3 is 0 Å². The lowest BCUT2D eigenvalue weighted by atomic mass is 9.99. The molecule has 6 aliphatic rings. The maximum absolute atomic E-state index is 4.69. The number of aromatic nitrogens is 3. The Bertz CT molecular complexity index is 1700. The molecule has 4 aromatic rings. The quantitative estimate of drug-likeness (QED) is 0.372. The van der Waals surface area contributed by atoms with Crippen LogP contribution in [0.4, 0.5) is 17.2 Å². The number of rotatable bonds is 6. The highest BCUT2D eigenvalue weighted by molar-refractivity contribution is 5.87. The summed E-state index contributed by atoms with van der Waals surface area (Å²) in [7, 11) is 2.20. The Balaban J connectivity index is 1.11. The van der Waals surface area contributed by atoms with Crippen molar-refractivity contribution in [2.75, 3.05) is 34.8 Å². The van der Waals surface area contributed by atoms with Crippen LogP contribution >= 0.6 is 0 Å². The summed E-state index contributed by atoms with van der Waals surface area (Å²) in [4.78, 5) is 19.1. The highest BCUT2D eigenvalue weighted by atomic mass is 15.7. The van der Waals surface area contributed by atoms with E-state index in [1.807, 2.05) is 19.2 Å². The molecule has 0 saturated carbocycles. The summed E-state index contributed by atoms with van der Waals surface area (Å²) >= 11 is 0. The van der Waals surface area contributed by atoms with E-state index < -0.39 is 0 Å².